The fraction of sp³-hybridized carbons (Fsp3) is 0.238. The smallest absolute Gasteiger partial charge is 0.123 e. The minimum Gasteiger partial charge on any atom is -0.381 e. The first-order valence-electron chi connectivity index (χ1n) is 9.22. The molecular formula is C21H23FN6. The van der Waals surface area contributed by atoms with Gasteiger partial charge in [-0.05, 0) is 56.6 Å². The van der Waals surface area contributed by atoms with Crippen LogP contribution in [-0.4, -0.2) is 45.3 Å². The van der Waals surface area contributed by atoms with Crippen LogP contribution < -0.4 is 5.32 Å². The van der Waals surface area contributed by atoms with Crippen LogP contribution in [0.15, 0.2) is 55.0 Å². The van der Waals surface area contributed by atoms with Gasteiger partial charge in [-0.15, -0.1) is 0 Å². The van der Waals surface area contributed by atoms with Gasteiger partial charge in [-0.2, -0.15) is 5.10 Å². The monoisotopic (exact) mass is 378 g/mol. The highest BCUT2D eigenvalue weighted by Gasteiger charge is 2.09. The second-order valence-corrected chi connectivity index (χ2v) is 7.08. The Hall–Kier alpha value is -3.19. The number of imidazole rings is 1. The molecule has 0 amide bonds. The third-order valence-corrected chi connectivity index (χ3v) is 4.74. The molecule has 0 aliphatic carbocycles. The van der Waals surface area contributed by atoms with Crippen LogP contribution in [0, 0.1) is 5.82 Å². The van der Waals surface area contributed by atoms with Crippen LogP contribution in [-0.2, 0) is 13.1 Å². The molecule has 4 aromatic rings. The average Bonchev–Trinajstić information content (AvgIpc) is 3.32. The molecule has 0 aliphatic rings. The topological polar surface area (TPSA) is 61.8 Å². The molecule has 0 aliphatic heterocycles. The number of benzene rings is 2. The normalized spacial score (nSPS) is 11.4. The minimum absolute atomic E-state index is 0.249. The van der Waals surface area contributed by atoms with Crippen molar-refractivity contribution in [3.63, 3.8) is 0 Å². The molecule has 28 heavy (non-hydrogen) atoms. The lowest BCUT2D eigenvalue weighted by Crippen LogP contribution is -2.17. The number of hydrogen-bond acceptors (Lipinski definition) is 4. The van der Waals surface area contributed by atoms with Crippen molar-refractivity contribution < 1.29 is 4.39 Å². The second-order valence-electron chi connectivity index (χ2n) is 7.08. The number of anilines is 1. The molecule has 6 nitrogen and oxygen atoms in total. The van der Waals surface area contributed by atoms with Gasteiger partial charge in [0, 0.05) is 36.4 Å². The lowest BCUT2D eigenvalue weighted by molar-refractivity contribution is 0.386. The van der Waals surface area contributed by atoms with Crippen LogP contribution in [0.1, 0.15) is 5.56 Å². The number of hydrogen-bond donors (Lipinski definition) is 2. The van der Waals surface area contributed by atoms with Crippen molar-refractivity contribution in [2.24, 2.45) is 0 Å². The van der Waals surface area contributed by atoms with E-state index in [1.54, 1.807) is 18.3 Å². The zero-order valence-electron chi connectivity index (χ0n) is 16.0. The van der Waals surface area contributed by atoms with Crippen LogP contribution in [0.25, 0.3) is 22.3 Å². The Morgan fingerprint density at radius 1 is 1.14 bits per heavy atom. The predicted molar refractivity (Wildman–Crippen MR) is 110 cm³/mol. The summed E-state index contributed by atoms with van der Waals surface area (Å²) in [5, 5.41) is 10.6. The van der Waals surface area contributed by atoms with Crippen LogP contribution >= 0.6 is 0 Å². The van der Waals surface area contributed by atoms with Crippen molar-refractivity contribution in [3.05, 3.63) is 66.4 Å². The molecule has 0 unspecified atom stereocenters. The Kier molecular flexibility index (Phi) is 5.08. The molecule has 2 heterocycles. The molecule has 4 rings (SSSR count). The fourth-order valence-corrected chi connectivity index (χ4v) is 3.17. The summed E-state index contributed by atoms with van der Waals surface area (Å²) in [5.41, 5.74) is 5.91. The van der Waals surface area contributed by atoms with E-state index in [4.69, 9.17) is 0 Å². The Morgan fingerprint density at radius 2 is 1.96 bits per heavy atom. The zero-order chi connectivity index (χ0) is 19.5. The maximum atomic E-state index is 13.2. The van der Waals surface area contributed by atoms with Gasteiger partial charge in [0.1, 0.15) is 5.82 Å². The summed E-state index contributed by atoms with van der Waals surface area (Å²) in [6.45, 7) is 2.49. The van der Waals surface area contributed by atoms with Gasteiger partial charge < -0.3 is 14.8 Å². The van der Waals surface area contributed by atoms with E-state index in [2.05, 4.69) is 62.3 Å². The highest BCUT2D eigenvalue weighted by molar-refractivity contribution is 5.79. The first-order chi connectivity index (χ1) is 13.6. The molecular weight excluding hydrogens is 355 g/mol. The third kappa shape index (κ3) is 3.89. The van der Waals surface area contributed by atoms with E-state index < -0.39 is 0 Å². The van der Waals surface area contributed by atoms with E-state index in [1.165, 1.54) is 12.1 Å². The number of fused-ring (bicyclic) bond motifs is 1. The quantitative estimate of drug-likeness (QED) is 0.514. The van der Waals surface area contributed by atoms with E-state index in [1.807, 2.05) is 6.33 Å². The van der Waals surface area contributed by atoms with Crippen molar-refractivity contribution in [1.82, 2.24) is 24.6 Å². The summed E-state index contributed by atoms with van der Waals surface area (Å²) < 4.78 is 15.3. The van der Waals surface area contributed by atoms with Crippen molar-refractivity contribution in [1.29, 1.82) is 0 Å². The van der Waals surface area contributed by atoms with E-state index in [9.17, 15) is 4.39 Å². The largest absolute Gasteiger partial charge is 0.381 e. The van der Waals surface area contributed by atoms with Crippen LogP contribution in [0.5, 0.6) is 0 Å². The second kappa shape index (κ2) is 7.82. The highest BCUT2D eigenvalue weighted by atomic mass is 19.1. The minimum atomic E-state index is -0.249. The van der Waals surface area contributed by atoms with Gasteiger partial charge in [0.25, 0.3) is 0 Å². The summed E-state index contributed by atoms with van der Waals surface area (Å²) >= 11 is 0. The van der Waals surface area contributed by atoms with Crippen molar-refractivity contribution >= 4 is 16.7 Å². The molecule has 0 bridgehead atoms. The Balaban J connectivity index is 1.48. The molecule has 0 atom stereocenters. The van der Waals surface area contributed by atoms with E-state index in [-0.39, 0.29) is 5.82 Å². The molecule has 144 valence electrons. The predicted octanol–water partition coefficient (Wildman–Crippen LogP) is 3.74. The maximum absolute atomic E-state index is 13.2. The van der Waals surface area contributed by atoms with Crippen LogP contribution in [0.2, 0.25) is 0 Å². The number of nitrogens with zero attached hydrogens (tertiary/aromatic N) is 4. The average molecular weight is 378 g/mol. The van der Waals surface area contributed by atoms with Crippen LogP contribution in [0.3, 0.4) is 0 Å². The molecule has 7 heteroatoms. The summed E-state index contributed by atoms with van der Waals surface area (Å²) in [6, 6.07) is 12.6. The number of halogens is 1. The number of likely N-dealkylation sites (N-methyl/N-ethyl adjacent to an activating group) is 1. The maximum Gasteiger partial charge on any atom is 0.123 e. The van der Waals surface area contributed by atoms with Gasteiger partial charge in [-0.1, -0.05) is 0 Å². The van der Waals surface area contributed by atoms with Crippen LogP contribution in [0.4, 0.5) is 10.1 Å². The van der Waals surface area contributed by atoms with Crippen molar-refractivity contribution in [3.8, 4) is 11.3 Å². The fourth-order valence-electron chi connectivity index (χ4n) is 3.17. The summed E-state index contributed by atoms with van der Waals surface area (Å²) in [4.78, 5) is 6.68. The zero-order valence-corrected chi connectivity index (χ0v) is 16.0. The van der Waals surface area contributed by atoms with Gasteiger partial charge in [0.2, 0.25) is 0 Å². The Labute approximate surface area is 163 Å². The summed E-state index contributed by atoms with van der Waals surface area (Å²) in [6.07, 6.45) is 3.68. The molecule has 0 spiro atoms. The summed E-state index contributed by atoms with van der Waals surface area (Å²) in [7, 11) is 4.13. The molecule has 2 N–H and O–H groups in total. The van der Waals surface area contributed by atoms with E-state index in [0.717, 1.165) is 46.6 Å². The van der Waals surface area contributed by atoms with Gasteiger partial charge >= 0.3 is 0 Å². The molecule has 2 aromatic carbocycles. The molecule has 0 fully saturated rings. The molecule has 0 saturated carbocycles. The number of rotatable bonds is 7. The Bertz CT molecular complexity index is 1060. The summed E-state index contributed by atoms with van der Waals surface area (Å²) in [5.74, 6) is -0.249. The van der Waals surface area contributed by atoms with E-state index in [0.29, 0.717) is 6.54 Å². The van der Waals surface area contributed by atoms with Gasteiger partial charge in [0.15, 0.2) is 0 Å². The molecule has 0 radical (unpaired) electrons. The molecule has 0 saturated heterocycles. The van der Waals surface area contributed by atoms with Crippen molar-refractivity contribution in [2.75, 3.05) is 26.0 Å². The number of nitrogens with one attached hydrogen (secondary N) is 2. The van der Waals surface area contributed by atoms with Crippen molar-refractivity contribution in [2.45, 2.75) is 13.1 Å². The first kappa shape index (κ1) is 18.2. The van der Waals surface area contributed by atoms with Gasteiger partial charge in [-0.25, -0.2) is 9.37 Å². The number of aromatic amines is 1. The lowest BCUT2D eigenvalue weighted by atomic mass is 10.1. The SMILES string of the molecule is CN(C)CCn1cnc2cc(NCc3cn[nH]c3-c3ccc(F)cc3)ccc21. The van der Waals surface area contributed by atoms with Gasteiger partial charge in [0.05, 0.1) is 29.3 Å². The third-order valence-electron chi connectivity index (χ3n) is 4.74. The van der Waals surface area contributed by atoms with E-state index >= 15 is 0 Å². The molecule has 2 aromatic heterocycles. The first-order valence-corrected chi connectivity index (χ1v) is 9.22. The number of H-pyrrole nitrogens is 1. The lowest BCUT2D eigenvalue weighted by Gasteiger charge is -2.11. The standard InChI is InChI=1S/C21H23FN6/c1-27(2)9-10-28-14-24-19-11-18(7-8-20(19)28)23-12-16-13-25-26-21(16)15-3-5-17(22)6-4-15/h3-8,11,13-14,23H,9-10,12H2,1-2H3,(H,25,26). The highest BCUT2D eigenvalue weighted by Crippen LogP contribution is 2.23. The number of aromatic nitrogens is 4. The Morgan fingerprint density at radius 3 is 2.75 bits per heavy atom. The van der Waals surface area contributed by atoms with Gasteiger partial charge in [-0.3, -0.25) is 5.10 Å².